The molecule has 1 fully saturated rings. The van der Waals surface area contributed by atoms with Crippen LogP contribution in [0.3, 0.4) is 0 Å². The molecule has 4 nitrogen and oxygen atoms in total. The SMILES string of the molecule is Cc1cccc(NC(=O)c2cccc(NC(=O)C3CCC3)c2)c1. The first-order valence-corrected chi connectivity index (χ1v) is 7.91. The smallest absolute Gasteiger partial charge is 0.255 e. The van der Waals surface area contributed by atoms with E-state index in [4.69, 9.17) is 0 Å². The van der Waals surface area contributed by atoms with Crippen molar-refractivity contribution in [2.45, 2.75) is 26.2 Å². The summed E-state index contributed by atoms with van der Waals surface area (Å²) in [5.74, 6) is -0.0115. The van der Waals surface area contributed by atoms with Crippen LogP contribution in [0.1, 0.15) is 35.2 Å². The summed E-state index contributed by atoms with van der Waals surface area (Å²) in [5.41, 5.74) is 3.04. The summed E-state index contributed by atoms with van der Waals surface area (Å²) in [6, 6.07) is 14.7. The summed E-state index contributed by atoms with van der Waals surface area (Å²) in [4.78, 5) is 24.3. The van der Waals surface area contributed by atoms with Gasteiger partial charge in [0.2, 0.25) is 5.91 Å². The molecular weight excluding hydrogens is 288 g/mol. The van der Waals surface area contributed by atoms with E-state index in [1.54, 1.807) is 24.3 Å². The molecule has 0 atom stereocenters. The molecule has 0 bridgehead atoms. The fraction of sp³-hybridized carbons (Fsp3) is 0.263. The van der Waals surface area contributed by atoms with Crippen LogP contribution in [-0.4, -0.2) is 11.8 Å². The maximum atomic E-state index is 12.3. The van der Waals surface area contributed by atoms with E-state index in [0.717, 1.165) is 30.5 Å². The second kappa shape index (κ2) is 6.65. The maximum absolute atomic E-state index is 12.3. The van der Waals surface area contributed by atoms with Crippen LogP contribution in [0, 0.1) is 12.8 Å². The molecule has 2 amide bonds. The number of aryl methyl sites for hydroxylation is 1. The second-order valence-corrected chi connectivity index (χ2v) is 6.02. The molecule has 0 saturated heterocycles. The number of carbonyl (C=O) groups excluding carboxylic acids is 2. The molecule has 0 aliphatic heterocycles. The zero-order chi connectivity index (χ0) is 16.2. The van der Waals surface area contributed by atoms with Crippen LogP contribution in [0.2, 0.25) is 0 Å². The minimum Gasteiger partial charge on any atom is -0.326 e. The van der Waals surface area contributed by atoms with E-state index in [-0.39, 0.29) is 17.7 Å². The summed E-state index contributed by atoms with van der Waals surface area (Å²) in [5, 5.41) is 5.77. The zero-order valence-electron chi connectivity index (χ0n) is 13.1. The predicted molar refractivity (Wildman–Crippen MR) is 91.5 cm³/mol. The molecule has 0 radical (unpaired) electrons. The van der Waals surface area contributed by atoms with Crippen molar-refractivity contribution in [2.24, 2.45) is 5.92 Å². The van der Waals surface area contributed by atoms with Crippen molar-refractivity contribution in [3.05, 3.63) is 59.7 Å². The molecule has 1 aliphatic rings. The van der Waals surface area contributed by atoms with Gasteiger partial charge in [-0.15, -0.1) is 0 Å². The molecule has 2 aromatic rings. The van der Waals surface area contributed by atoms with Gasteiger partial charge >= 0.3 is 0 Å². The number of benzene rings is 2. The first-order chi connectivity index (χ1) is 11.1. The summed E-state index contributed by atoms with van der Waals surface area (Å²) < 4.78 is 0. The molecule has 1 aliphatic carbocycles. The third kappa shape index (κ3) is 3.77. The van der Waals surface area contributed by atoms with Gasteiger partial charge in [0.05, 0.1) is 0 Å². The Morgan fingerprint density at radius 1 is 0.957 bits per heavy atom. The van der Waals surface area contributed by atoms with Crippen LogP contribution in [0.4, 0.5) is 11.4 Å². The first kappa shape index (κ1) is 15.3. The lowest BCUT2D eigenvalue weighted by Gasteiger charge is -2.24. The van der Waals surface area contributed by atoms with Crippen molar-refractivity contribution < 1.29 is 9.59 Å². The van der Waals surface area contributed by atoms with Gasteiger partial charge in [-0.1, -0.05) is 24.6 Å². The van der Waals surface area contributed by atoms with Gasteiger partial charge in [0, 0.05) is 22.9 Å². The van der Waals surface area contributed by atoms with Gasteiger partial charge in [-0.05, 0) is 55.7 Å². The second-order valence-electron chi connectivity index (χ2n) is 6.02. The number of amides is 2. The van der Waals surface area contributed by atoms with Crippen LogP contribution >= 0.6 is 0 Å². The quantitative estimate of drug-likeness (QED) is 0.897. The molecule has 1 saturated carbocycles. The lowest BCUT2D eigenvalue weighted by molar-refractivity contribution is -0.122. The third-order valence-electron chi connectivity index (χ3n) is 4.14. The van der Waals surface area contributed by atoms with E-state index in [0.29, 0.717) is 11.3 Å². The van der Waals surface area contributed by atoms with Crippen LogP contribution in [0.15, 0.2) is 48.5 Å². The van der Waals surface area contributed by atoms with Crippen molar-refractivity contribution in [1.29, 1.82) is 0 Å². The number of anilines is 2. The van der Waals surface area contributed by atoms with E-state index < -0.39 is 0 Å². The van der Waals surface area contributed by atoms with Gasteiger partial charge in [0.25, 0.3) is 5.91 Å². The van der Waals surface area contributed by atoms with Crippen molar-refractivity contribution >= 4 is 23.2 Å². The first-order valence-electron chi connectivity index (χ1n) is 7.91. The molecule has 4 heteroatoms. The lowest BCUT2D eigenvalue weighted by atomic mass is 9.85. The normalized spacial score (nSPS) is 14.0. The Labute approximate surface area is 135 Å². The van der Waals surface area contributed by atoms with Crippen LogP contribution in [-0.2, 0) is 4.79 Å². The van der Waals surface area contributed by atoms with Crippen molar-refractivity contribution in [3.8, 4) is 0 Å². The molecule has 0 unspecified atom stereocenters. The Hall–Kier alpha value is -2.62. The minimum atomic E-state index is -0.185. The topological polar surface area (TPSA) is 58.2 Å². The van der Waals surface area contributed by atoms with Gasteiger partial charge < -0.3 is 10.6 Å². The van der Waals surface area contributed by atoms with E-state index in [1.165, 1.54) is 0 Å². The summed E-state index contributed by atoms with van der Waals surface area (Å²) in [7, 11) is 0. The Morgan fingerprint density at radius 3 is 2.30 bits per heavy atom. The standard InChI is InChI=1S/C19H20N2O2/c1-13-5-2-9-16(11-13)20-19(23)15-8-4-10-17(12-15)21-18(22)14-6-3-7-14/h2,4-5,8-12,14H,3,6-7H2,1H3,(H,20,23)(H,21,22). The van der Waals surface area contributed by atoms with Crippen molar-refractivity contribution in [3.63, 3.8) is 0 Å². The molecule has 2 aromatic carbocycles. The van der Waals surface area contributed by atoms with E-state index in [1.807, 2.05) is 31.2 Å². The highest BCUT2D eigenvalue weighted by atomic mass is 16.2. The summed E-state index contributed by atoms with van der Waals surface area (Å²) in [6.45, 7) is 1.98. The monoisotopic (exact) mass is 308 g/mol. The predicted octanol–water partition coefficient (Wildman–Crippen LogP) is 3.99. The average Bonchev–Trinajstić information content (AvgIpc) is 2.45. The van der Waals surface area contributed by atoms with E-state index >= 15 is 0 Å². The molecule has 2 N–H and O–H groups in total. The molecule has 3 rings (SSSR count). The Balaban J connectivity index is 1.68. The molecule has 0 aromatic heterocycles. The largest absolute Gasteiger partial charge is 0.326 e. The van der Waals surface area contributed by atoms with Crippen LogP contribution in [0.25, 0.3) is 0 Å². The van der Waals surface area contributed by atoms with Crippen LogP contribution < -0.4 is 10.6 Å². The number of nitrogens with one attached hydrogen (secondary N) is 2. The highest BCUT2D eigenvalue weighted by Crippen LogP contribution is 2.27. The van der Waals surface area contributed by atoms with E-state index in [9.17, 15) is 9.59 Å². The number of carbonyl (C=O) groups is 2. The average molecular weight is 308 g/mol. The van der Waals surface area contributed by atoms with Crippen molar-refractivity contribution in [1.82, 2.24) is 0 Å². The minimum absolute atomic E-state index is 0.0486. The molecule has 0 heterocycles. The molecule has 118 valence electrons. The Morgan fingerprint density at radius 2 is 1.65 bits per heavy atom. The molecule has 23 heavy (non-hydrogen) atoms. The summed E-state index contributed by atoms with van der Waals surface area (Å²) >= 11 is 0. The Kier molecular flexibility index (Phi) is 4.42. The van der Waals surface area contributed by atoms with E-state index in [2.05, 4.69) is 10.6 Å². The fourth-order valence-electron chi connectivity index (χ4n) is 2.58. The zero-order valence-corrected chi connectivity index (χ0v) is 13.1. The highest BCUT2D eigenvalue weighted by Gasteiger charge is 2.25. The number of hydrogen-bond acceptors (Lipinski definition) is 2. The van der Waals surface area contributed by atoms with Gasteiger partial charge in [0.15, 0.2) is 0 Å². The van der Waals surface area contributed by atoms with Gasteiger partial charge in [0.1, 0.15) is 0 Å². The number of hydrogen-bond donors (Lipinski definition) is 2. The summed E-state index contributed by atoms with van der Waals surface area (Å²) in [6.07, 6.45) is 3.04. The third-order valence-corrected chi connectivity index (χ3v) is 4.14. The lowest BCUT2D eigenvalue weighted by Crippen LogP contribution is -2.28. The fourth-order valence-corrected chi connectivity index (χ4v) is 2.58. The highest BCUT2D eigenvalue weighted by molar-refractivity contribution is 6.05. The van der Waals surface area contributed by atoms with Gasteiger partial charge in [-0.2, -0.15) is 0 Å². The Bertz CT molecular complexity index is 736. The van der Waals surface area contributed by atoms with Gasteiger partial charge in [-0.3, -0.25) is 9.59 Å². The van der Waals surface area contributed by atoms with Crippen molar-refractivity contribution in [2.75, 3.05) is 10.6 Å². The van der Waals surface area contributed by atoms with Crippen LogP contribution in [0.5, 0.6) is 0 Å². The number of rotatable bonds is 4. The molecular formula is C19H20N2O2. The van der Waals surface area contributed by atoms with Gasteiger partial charge in [-0.25, -0.2) is 0 Å². The molecule has 0 spiro atoms. The maximum Gasteiger partial charge on any atom is 0.255 e.